The molecule has 5 nitrogen and oxygen atoms in total. The van der Waals surface area contributed by atoms with Crippen LogP contribution in [0.5, 0.6) is 0 Å². The molecule has 3 rings (SSSR count). The monoisotopic (exact) mass is 288 g/mol. The van der Waals surface area contributed by atoms with Crippen LogP contribution < -0.4 is 11.1 Å². The molecule has 1 aromatic carbocycles. The minimum atomic E-state index is 0.103. The maximum absolute atomic E-state index is 8.84. The standard InChI is InChI=1S/C16H24N4O/c17-16(19-21)10-15(12-4-2-1-3-5-12)18-13-8-9-20(11-13)14-6-7-14/h1-5,13-15,18,21H,6-11H2,(H2,17,19). The second kappa shape index (κ2) is 6.45. The van der Waals surface area contributed by atoms with Gasteiger partial charge in [0.15, 0.2) is 0 Å². The molecular weight excluding hydrogens is 264 g/mol. The molecule has 1 heterocycles. The Balaban J connectivity index is 1.64. The number of rotatable bonds is 6. The van der Waals surface area contributed by atoms with Crippen molar-refractivity contribution in [3.05, 3.63) is 35.9 Å². The summed E-state index contributed by atoms with van der Waals surface area (Å²) in [5, 5.41) is 15.7. The fraction of sp³-hybridized carbons (Fsp3) is 0.562. The Morgan fingerprint density at radius 1 is 1.33 bits per heavy atom. The smallest absolute Gasteiger partial charge is 0.141 e. The summed E-state index contributed by atoms with van der Waals surface area (Å²) in [6.45, 7) is 2.30. The summed E-state index contributed by atoms with van der Waals surface area (Å²) >= 11 is 0. The highest BCUT2D eigenvalue weighted by molar-refractivity contribution is 5.80. The van der Waals surface area contributed by atoms with Crippen molar-refractivity contribution >= 4 is 5.84 Å². The van der Waals surface area contributed by atoms with Gasteiger partial charge in [0.25, 0.3) is 0 Å². The van der Waals surface area contributed by atoms with E-state index in [9.17, 15) is 0 Å². The number of oxime groups is 1. The summed E-state index contributed by atoms with van der Waals surface area (Å²) in [7, 11) is 0. The quantitative estimate of drug-likeness (QED) is 0.322. The molecule has 2 aliphatic rings. The first-order valence-electron chi connectivity index (χ1n) is 7.77. The second-order valence-electron chi connectivity index (χ2n) is 6.14. The number of hydrogen-bond donors (Lipinski definition) is 3. The molecule has 2 unspecified atom stereocenters. The van der Waals surface area contributed by atoms with Crippen LogP contribution in [0.15, 0.2) is 35.5 Å². The number of nitrogens with one attached hydrogen (secondary N) is 1. The van der Waals surface area contributed by atoms with Crippen molar-refractivity contribution in [2.75, 3.05) is 13.1 Å². The van der Waals surface area contributed by atoms with Crippen LogP contribution in [0.3, 0.4) is 0 Å². The van der Waals surface area contributed by atoms with Gasteiger partial charge in [0.05, 0.1) is 0 Å². The summed E-state index contributed by atoms with van der Waals surface area (Å²) in [5.41, 5.74) is 6.91. The summed E-state index contributed by atoms with van der Waals surface area (Å²) < 4.78 is 0. The van der Waals surface area contributed by atoms with Crippen LogP contribution in [0.25, 0.3) is 0 Å². The van der Waals surface area contributed by atoms with Gasteiger partial charge in [0.1, 0.15) is 5.84 Å². The first kappa shape index (κ1) is 14.4. The van der Waals surface area contributed by atoms with E-state index in [1.165, 1.54) is 31.4 Å². The second-order valence-corrected chi connectivity index (χ2v) is 6.14. The molecule has 0 amide bonds. The molecule has 2 fully saturated rings. The molecule has 1 saturated heterocycles. The maximum Gasteiger partial charge on any atom is 0.141 e. The number of nitrogens with two attached hydrogens (primary N) is 1. The average Bonchev–Trinajstić information content (AvgIpc) is 3.27. The van der Waals surface area contributed by atoms with Crippen LogP contribution >= 0.6 is 0 Å². The fourth-order valence-corrected chi connectivity index (χ4v) is 3.19. The predicted octanol–water partition coefficient (Wildman–Crippen LogP) is 1.69. The van der Waals surface area contributed by atoms with E-state index in [0.717, 1.165) is 12.6 Å². The van der Waals surface area contributed by atoms with Crippen LogP contribution in [0, 0.1) is 0 Å². The number of hydrogen-bond acceptors (Lipinski definition) is 4. The van der Waals surface area contributed by atoms with E-state index >= 15 is 0 Å². The summed E-state index contributed by atoms with van der Waals surface area (Å²) in [6.07, 6.45) is 4.42. The highest BCUT2D eigenvalue weighted by Crippen LogP contribution is 2.30. The molecule has 0 bridgehead atoms. The zero-order valence-corrected chi connectivity index (χ0v) is 12.3. The Bertz CT molecular complexity index is 486. The van der Waals surface area contributed by atoms with Gasteiger partial charge in [-0.15, -0.1) is 0 Å². The van der Waals surface area contributed by atoms with Crippen LogP contribution in [0.1, 0.15) is 37.3 Å². The minimum Gasteiger partial charge on any atom is -0.409 e. The van der Waals surface area contributed by atoms with Gasteiger partial charge in [-0.3, -0.25) is 4.90 Å². The van der Waals surface area contributed by atoms with E-state index in [0.29, 0.717) is 12.5 Å². The van der Waals surface area contributed by atoms with Gasteiger partial charge in [-0.2, -0.15) is 0 Å². The molecular formula is C16H24N4O. The van der Waals surface area contributed by atoms with Gasteiger partial charge in [0.2, 0.25) is 0 Å². The summed E-state index contributed by atoms with van der Waals surface area (Å²) in [6, 6.07) is 11.7. The van der Waals surface area contributed by atoms with Crippen molar-refractivity contribution in [1.29, 1.82) is 0 Å². The number of benzene rings is 1. The van der Waals surface area contributed by atoms with E-state index in [1.54, 1.807) is 0 Å². The lowest BCUT2D eigenvalue weighted by Crippen LogP contribution is -2.37. The largest absolute Gasteiger partial charge is 0.409 e. The highest BCUT2D eigenvalue weighted by atomic mass is 16.4. The molecule has 0 aromatic heterocycles. The van der Waals surface area contributed by atoms with Gasteiger partial charge in [-0.1, -0.05) is 35.5 Å². The van der Waals surface area contributed by atoms with E-state index in [2.05, 4.69) is 27.5 Å². The van der Waals surface area contributed by atoms with Crippen LogP contribution in [0.2, 0.25) is 0 Å². The lowest BCUT2D eigenvalue weighted by molar-refractivity contribution is 0.308. The Hall–Kier alpha value is -1.59. The van der Waals surface area contributed by atoms with Crippen LogP contribution in [-0.4, -0.2) is 41.1 Å². The van der Waals surface area contributed by atoms with Gasteiger partial charge in [0, 0.05) is 37.6 Å². The van der Waals surface area contributed by atoms with Gasteiger partial charge >= 0.3 is 0 Å². The van der Waals surface area contributed by atoms with E-state index < -0.39 is 0 Å². The van der Waals surface area contributed by atoms with Crippen molar-refractivity contribution in [2.24, 2.45) is 10.9 Å². The van der Waals surface area contributed by atoms with Crippen molar-refractivity contribution < 1.29 is 5.21 Å². The van der Waals surface area contributed by atoms with Crippen molar-refractivity contribution in [1.82, 2.24) is 10.2 Å². The van der Waals surface area contributed by atoms with Gasteiger partial charge < -0.3 is 16.3 Å². The molecule has 1 saturated carbocycles. The SMILES string of the molecule is NC(CC(NC1CCN(C2CC2)C1)c1ccccc1)=NO. The zero-order valence-electron chi connectivity index (χ0n) is 12.3. The number of likely N-dealkylation sites (tertiary alicyclic amines) is 1. The Morgan fingerprint density at radius 3 is 2.76 bits per heavy atom. The molecule has 1 aromatic rings. The maximum atomic E-state index is 8.84. The zero-order chi connectivity index (χ0) is 14.7. The molecule has 21 heavy (non-hydrogen) atoms. The third-order valence-electron chi connectivity index (χ3n) is 4.46. The summed E-state index contributed by atoms with van der Waals surface area (Å²) in [4.78, 5) is 2.59. The normalized spacial score (nSPS) is 25.1. The van der Waals surface area contributed by atoms with Crippen LogP contribution in [-0.2, 0) is 0 Å². The predicted molar refractivity (Wildman–Crippen MR) is 83.3 cm³/mol. The first-order valence-corrected chi connectivity index (χ1v) is 7.77. The molecule has 1 aliphatic heterocycles. The molecule has 114 valence electrons. The topological polar surface area (TPSA) is 73.9 Å². The van der Waals surface area contributed by atoms with Gasteiger partial charge in [-0.05, 0) is 24.8 Å². The van der Waals surface area contributed by atoms with E-state index in [4.69, 9.17) is 10.9 Å². The minimum absolute atomic E-state index is 0.103. The Labute approximate surface area is 125 Å². The van der Waals surface area contributed by atoms with E-state index in [1.807, 2.05) is 18.2 Å². The fourth-order valence-electron chi connectivity index (χ4n) is 3.19. The average molecular weight is 288 g/mol. The lowest BCUT2D eigenvalue weighted by Gasteiger charge is -2.23. The third-order valence-corrected chi connectivity index (χ3v) is 4.46. The summed E-state index contributed by atoms with van der Waals surface area (Å²) in [5.74, 6) is 0.272. The molecule has 5 heteroatoms. The highest BCUT2D eigenvalue weighted by Gasteiger charge is 2.35. The van der Waals surface area contributed by atoms with Gasteiger partial charge in [-0.25, -0.2) is 0 Å². The molecule has 4 N–H and O–H groups in total. The number of amidine groups is 1. The van der Waals surface area contributed by atoms with E-state index in [-0.39, 0.29) is 11.9 Å². The van der Waals surface area contributed by atoms with Crippen molar-refractivity contribution in [3.8, 4) is 0 Å². The Kier molecular flexibility index (Phi) is 4.41. The Morgan fingerprint density at radius 2 is 2.10 bits per heavy atom. The van der Waals surface area contributed by atoms with Crippen molar-refractivity contribution in [3.63, 3.8) is 0 Å². The molecule has 0 spiro atoms. The lowest BCUT2D eigenvalue weighted by atomic mass is 10.0. The first-order chi connectivity index (χ1) is 10.3. The molecule has 2 atom stereocenters. The molecule has 1 aliphatic carbocycles. The van der Waals surface area contributed by atoms with Crippen LogP contribution in [0.4, 0.5) is 0 Å². The molecule has 0 radical (unpaired) electrons. The van der Waals surface area contributed by atoms with Crippen molar-refractivity contribution in [2.45, 2.75) is 43.8 Å². The third kappa shape index (κ3) is 3.74. The number of nitrogens with zero attached hydrogens (tertiary/aromatic N) is 2.